The average molecular weight is 242 g/mol. The van der Waals surface area contributed by atoms with Gasteiger partial charge in [-0.25, -0.2) is 0 Å². The maximum Gasteiger partial charge on any atom is 0.0740 e. The smallest absolute Gasteiger partial charge is 0.0740 e. The van der Waals surface area contributed by atoms with Crippen LogP contribution >= 0.6 is 0 Å². The third kappa shape index (κ3) is 3.22. The van der Waals surface area contributed by atoms with Gasteiger partial charge in [0.05, 0.1) is 12.2 Å². The molecule has 0 saturated carbocycles. The highest BCUT2D eigenvalue weighted by Crippen LogP contribution is 2.22. The Bertz CT molecular complexity index is 491. The standard InChI is InChI=1S/C16H22N2/c1-13(15-8-6-5-7-9-15)18-12-14(11-17-18)10-16(2,3)4/h5-9,11-13H,10H2,1-4H3. The third-order valence-corrected chi connectivity index (χ3v) is 3.07. The normalized spacial score (nSPS) is 13.6. The second kappa shape index (κ2) is 4.97. The molecule has 0 aliphatic carbocycles. The van der Waals surface area contributed by atoms with Crippen molar-refractivity contribution >= 4 is 0 Å². The molecule has 1 aromatic carbocycles. The molecular weight excluding hydrogens is 220 g/mol. The van der Waals surface area contributed by atoms with E-state index in [-0.39, 0.29) is 0 Å². The van der Waals surface area contributed by atoms with E-state index in [1.165, 1.54) is 11.1 Å². The molecule has 1 aromatic heterocycles. The number of hydrogen-bond donors (Lipinski definition) is 0. The van der Waals surface area contributed by atoms with E-state index in [1.54, 1.807) is 0 Å². The number of benzene rings is 1. The van der Waals surface area contributed by atoms with Gasteiger partial charge in [0.2, 0.25) is 0 Å². The van der Waals surface area contributed by atoms with Gasteiger partial charge in [-0.15, -0.1) is 0 Å². The molecule has 0 aliphatic heterocycles. The van der Waals surface area contributed by atoms with E-state index >= 15 is 0 Å². The molecule has 0 saturated heterocycles. The van der Waals surface area contributed by atoms with Gasteiger partial charge in [0, 0.05) is 6.20 Å². The summed E-state index contributed by atoms with van der Waals surface area (Å²) in [5, 5.41) is 4.49. The molecule has 0 bridgehead atoms. The second-order valence-electron chi connectivity index (χ2n) is 6.15. The summed E-state index contributed by atoms with van der Waals surface area (Å²) < 4.78 is 2.05. The predicted octanol–water partition coefficient (Wildman–Crippen LogP) is 4.08. The SMILES string of the molecule is CC(c1ccccc1)n1cc(CC(C)(C)C)cn1. The molecule has 2 aromatic rings. The van der Waals surface area contributed by atoms with Crippen LogP contribution in [0.2, 0.25) is 0 Å². The van der Waals surface area contributed by atoms with Gasteiger partial charge in [-0.3, -0.25) is 4.68 Å². The fourth-order valence-electron chi connectivity index (χ4n) is 2.18. The van der Waals surface area contributed by atoms with Crippen molar-refractivity contribution in [3.63, 3.8) is 0 Å². The van der Waals surface area contributed by atoms with Gasteiger partial charge in [-0.05, 0) is 29.9 Å². The van der Waals surface area contributed by atoms with Crippen LogP contribution in [-0.4, -0.2) is 9.78 Å². The van der Waals surface area contributed by atoms with Crippen LogP contribution in [0.4, 0.5) is 0 Å². The lowest BCUT2D eigenvalue weighted by Crippen LogP contribution is -2.09. The first-order valence-corrected chi connectivity index (χ1v) is 6.54. The zero-order valence-electron chi connectivity index (χ0n) is 11.7. The summed E-state index contributed by atoms with van der Waals surface area (Å²) in [6.45, 7) is 8.95. The van der Waals surface area contributed by atoms with Crippen molar-refractivity contribution < 1.29 is 0 Å². The van der Waals surface area contributed by atoms with Crippen molar-refractivity contribution in [3.05, 3.63) is 53.9 Å². The third-order valence-electron chi connectivity index (χ3n) is 3.07. The molecule has 1 unspecified atom stereocenters. The maximum absolute atomic E-state index is 4.49. The van der Waals surface area contributed by atoms with Crippen LogP contribution in [0.15, 0.2) is 42.7 Å². The predicted molar refractivity (Wildman–Crippen MR) is 75.6 cm³/mol. The number of hydrogen-bond acceptors (Lipinski definition) is 1. The summed E-state index contributed by atoms with van der Waals surface area (Å²) in [5.74, 6) is 0. The minimum atomic E-state index is 0.292. The largest absolute Gasteiger partial charge is 0.265 e. The van der Waals surface area contributed by atoms with Crippen molar-refractivity contribution in [2.45, 2.75) is 40.2 Å². The maximum atomic E-state index is 4.49. The van der Waals surface area contributed by atoms with Crippen molar-refractivity contribution in [2.75, 3.05) is 0 Å². The van der Waals surface area contributed by atoms with Crippen molar-refractivity contribution in [1.82, 2.24) is 9.78 Å². The highest BCUT2D eigenvalue weighted by Gasteiger charge is 2.14. The first kappa shape index (κ1) is 12.9. The van der Waals surface area contributed by atoms with Crippen LogP contribution in [-0.2, 0) is 6.42 Å². The highest BCUT2D eigenvalue weighted by atomic mass is 15.3. The molecule has 0 spiro atoms. The van der Waals surface area contributed by atoms with E-state index < -0.39 is 0 Å². The fourth-order valence-corrected chi connectivity index (χ4v) is 2.18. The highest BCUT2D eigenvalue weighted by molar-refractivity contribution is 5.19. The summed E-state index contributed by atoms with van der Waals surface area (Å²) in [7, 11) is 0. The molecule has 0 N–H and O–H groups in total. The van der Waals surface area contributed by atoms with Crippen LogP contribution in [0.3, 0.4) is 0 Å². The molecule has 1 atom stereocenters. The molecule has 2 nitrogen and oxygen atoms in total. The second-order valence-corrected chi connectivity index (χ2v) is 6.15. The molecule has 2 heteroatoms. The molecule has 96 valence electrons. The van der Waals surface area contributed by atoms with E-state index in [4.69, 9.17) is 0 Å². The van der Waals surface area contributed by atoms with Crippen molar-refractivity contribution in [3.8, 4) is 0 Å². The molecule has 0 radical (unpaired) electrons. The lowest BCUT2D eigenvalue weighted by molar-refractivity contribution is 0.411. The summed E-state index contributed by atoms with van der Waals surface area (Å²) in [6.07, 6.45) is 5.22. The monoisotopic (exact) mass is 242 g/mol. The zero-order chi connectivity index (χ0) is 13.2. The zero-order valence-corrected chi connectivity index (χ0v) is 11.7. The van der Waals surface area contributed by atoms with Crippen LogP contribution < -0.4 is 0 Å². The Balaban J connectivity index is 2.15. The van der Waals surface area contributed by atoms with E-state index in [2.05, 4.69) is 67.9 Å². The first-order valence-electron chi connectivity index (χ1n) is 6.54. The van der Waals surface area contributed by atoms with Gasteiger partial charge in [0.25, 0.3) is 0 Å². The number of aromatic nitrogens is 2. The molecule has 2 rings (SSSR count). The van der Waals surface area contributed by atoms with Gasteiger partial charge in [0.15, 0.2) is 0 Å². The van der Waals surface area contributed by atoms with E-state index in [0.29, 0.717) is 11.5 Å². The van der Waals surface area contributed by atoms with Gasteiger partial charge >= 0.3 is 0 Å². The Morgan fingerprint density at radius 2 is 1.83 bits per heavy atom. The minimum Gasteiger partial charge on any atom is -0.265 e. The molecule has 0 fully saturated rings. The quantitative estimate of drug-likeness (QED) is 0.793. The Kier molecular flexibility index (Phi) is 3.55. The van der Waals surface area contributed by atoms with Gasteiger partial charge in [0.1, 0.15) is 0 Å². The van der Waals surface area contributed by atoms with E-state index in [1.807, 2.05) is 12.3 Å². The van der Waals surface area contributed by atoms with E-state index in [0.717, 1.165) is 6.42 Å². The average Bonchev–Trinajstić information content (AvgIpc) is 2.75. The Morgan fingerprint density at radius 3 is 2.44 bits per heavy atom. The first-order chi connectivity index (χ1) is 8.46. The van der Waals surface area contributed by atoms with Gasteiger partial charge in [-0.1, -0.05) is 51.1 Å². The Labute approximate surface area is 110 Å². The lowest BCUT2D eigenvalue weighted by Gasteiger charge is -2.16. The molecular formula is C16H22N2. The summed E-state index contributed by atoms with van der Waals surface area (Å²) in [6, 6.07) is 10.8. The summed E-state index contributed by atoms with van der Waals surface area (Å²) >= 11 is 0. The van der Waals surface area contributed by atoms with Gasteiger partial charge < -0.3 is 0 Å². The number of nitrogens with zero attached hydrogens (tertiary/aromatic N) is 2. The van der Waals surface area contributed by atoms with Crippen LogP contribution in [0, 0.1) is 5.41 Å². The minimum absolute atomic E-state index is 0.292. The molecule has 0 aliphatic rings. The number of rotatable bonds is 3. The van der Waals surface area contributed by atoms with Crippen LogP contribution in [0.5, 0.6) is 0 Å². The Hall–Kier alpha value is -1.57. The van der Waals surface area contributed by atoms with Crippen LogP contribution in [0.25, 0.3) is 0 Å². The van der Waals surface area contributed by atoms with Crippen molar-refractivity contribution in [2.24, 2.45) is 5.41 Å². The van der Waals surface area contributed by atoms with E-state index in [9.17, 15) is 0 Å². The fraction of sp³-hybridized carbons (Fsp3) is 0.438. The van der Waals surface area contributed by atoms with Gasteiger partial charge in [-0.2, -0.15) is 5.10 Å². The molecule has 18 heavy (non-hydrogen) atoms. The lowest BCUT2D eigenvalue weighted by atomic mass is 9.89. The van der Waals surface area contributed by atoms with Crippen molar-refractivity contribution in [1.29, 1.82) is 0 Å². The van der Waals surface area contributed by atoms with Crippen LogP contribution in [0.1, 0.15) is 44.9 Å². The Morgan fingerprint density at radius 1 is 1.17 bits per heavy atom. The summed E-state index contributed by atoms with van der Waals surface area (Å²) in [5.41, 5.74) is 2.91. The molecule has 1 heterocycles. The molecule has 0 amide bonds. The summed E-state index contributed by atoms with van der Waals surface area (Å²) in [4.78, 5) is 0. The topological polar surface area (TPSA) is 17.8 Å².